The van der Waals surface area contributed by atoms with E-state index in [0.717, 1.165) is 11.3 Å². The van der Waals surface area contributed by atoms with Gasteiger partial charge in [-0.05, 0) is 26.0 Å². The van der Waals surface area contributed by atoms with Gasteiger partial charge in [-0.3, -0.25) is 0 Å². The van der Waals surface area contributed by atoms with Gasteiger partial charge in [-0.2, -0.15) is 5.26 Å². The van der Waals surface area contributed by atoms with E-state index in [9.17, 15) is 9.90 Å². The second-order valence-corrected chi connectivity index (χ2v) is 5.61. The maximum absolute atomic E-state index is 11.2. The zero-order valence-electron chi connectivity index (χ0n) is 11.0. The molecule has 0 atom stereocenters. The first-order chi connectivity index (χ1) is 9.44. The molecule has 6 heteroatoms. The number of carboxylic acids is 1. The molecule has 1 N–H and O–H groups in total. The normalized spacial score (nSPS) is 10.8. The first-order valence-corrected chi connectivity index (χ1v) is 6.64. The molecular weight excluding hydrogens is 276 g/mol. The lowest BCUT2D eigenvalue weighted by Crippen LogP contribution is -2.13. The van der Waals surface area contributed by atoms with Crippen LogP contribution in [-0.4, -0.2) is 16.1 Å². The molecule has 0 unspecified atom stereocenters. The summed E-state index contributed by atoms with van der Waals surface area (Å²) in [4.78, 5) is 15.4. The van der Waals surface area contributed by atoms with Gasteiger partial charge in [0.05, 0.1) is 6.07 Å². The van der Waals surface area contributed by atoms with Crippen molar-refractivity contribution < 1.29 is 14.6 Å². The van der Waals surface area contributed by atoms with E-state index in [4.69, 9.17) is 10.00 Å². The summed E-state index contributed by atoms with van der Waals surface area (Å²) in [6.45, 7) is 3.37. The van der Waals surface area contributed by atoms with Crippen molar-refractivity contribution in [3.05, 3.63) is 40.2 Å². The molecule has 1 heterocycles. The van der Waals surface area contributed by atoms with Crippen LogP contribution in [0.4, 0.5) is 0 Å². The summed E-state index contributed by atoms with van der Waals surface area (Å²) in [5.74, 6) is -0.595. The minimum absolute atomic E-state index is 0.00724. The molecule has 0 fully saturated rings. The molecule has 0 aliphatic carbocycles. The van der Waals surface area contributed by atoms with E-state index in [1.807, 2.05) is 6.07 Å². The molecule has 102 valence electrons. The lowest BCUT2D eigenvalue weighted by molar-refractivity contribution is 0.0699. The molecule has 20 heavy (non-hydrogen) atoms. The molecule has 1 aromatic carbocycles. The van der Waals surface area contributed by atoms with Gasteiger partial charge in [0.15, 0.2) is 4.88 Å². The van der Waals surface area contributed by atoms with E-state index in [-0.39, 0.29) is 10.8 Å². The van der Waals surface area contributed by atoms with E-state index in [1.165, 1.54) is 0 Å². The van der Waals surface area contributed by atoms with Crippen molar-refractivity contribution in [2.45, 2.75) is 19.3 Å². The Morgan fingerprint density at radius 2 is 2.05 bits per heavy atom. The van der Waals surface area contributed by atoms with Crippen molar-refractivity contribution in [1.82, 2.24) is 4.98 Å². The van der Waals surface area contributed by atoms with Gasteiger partial charge in [0.25, 0.3) is 0 Å². The smallest absolute Gasteiger partial charge is 0.351 e. The molecule has 5 nitrogen and oxygen atoms in total. The van der Waals surface area contributed by atoms with Crippen LogP contribution in [0, 0.1) is 11.3 Å². The Balaban J connectivity index is 2.42. The maximum atomic E-state index is 11.2. The summed E-state index contributed by atoms with van der Waals surface area (Å²) in [5.41, 5.74) is -0.854. The highest BCUT2D eigenvalue weighted by molar-refractivity contribution is 7.14. The molecule has 0 aliphatic heterocycles. The first-order valence-electron chi connectivity index (χ1n) is 5.83. The van der Waals surface area contributed by atoms with Crippen molar-refractivity contribution in [1.29, 1.82) is 5.26 Å². The Kier molecular flexibility index (Phi) is 3.72. The fourth-order valence-electron chi connectivity index (χ4n) is 1.43. The molecule has 2 aromatic rings. The standard InChI is InChI=1S/C14H12N2O3S/c1-14(2,8-15)13-16-11(10(20-13)12(17)18)19-9-6-4-3-5-7-9/h3-7H,1-2H3,(H,17,18). The molecule has 0 spiro atoms. The van der Waals surface area contributed by atoms with Crippen LogP contribution in [0.1, 0.15) is 28.5 Å². The van der Waals surface area contributed by atoms with Crippen LogP contribution in [0.25, 0.3) is 0 Å². The fraction of sp³-hybridized carbons (Fsp3) is 0.214. The largest absolute Gasteiger partial charge is 0.477 e. The average Bonchev–Trinajstić information content (AvgIpc) is 2.85. The summed E-state index contributed by atoms with van der Waals surface area (Å²) < 4.78 is 5.50. The predicted octanol–water partition coefficient (Wildman–Crippen LogP) is 3.43. The van der Waals surface area contributed by atoms with Crippen molar-refractivity contribution in [2.75, 3.05) is 0 Å². The lowest BCUT2D eigenvalue weighted by atomic mass is 9.97. The summed E-state index contributed by atoms with van der Waals surface area (Å²) >= 11 is 0.960. The second-order valence-electron chi connectivity index (χ2n) is 4.61. The van der Waals surface area contributed by atoms with Crippen LogP contribution < -0.4 is 4.74 Å². The molecule has 0 saturated heterocycles. The molecule has 2 rings (SSSR count). The third-order valence-corrected chi connectivity index (χ3v) is 3.91. The van der Waals surface area contributed by atoms with Crippen molar-refractivity contribution in [3.63, 3.8) is 0 Å². The zero-order valence-corrected chi connectivity index (χ0v) is 11.8. The molecule has 0 saturated carbocycles. The Bertz CT molecular complexity index is 671. The maximum Gasteiger partial charge on any atom is 0.351 e. The van der Waals surface area contributed by atoms with E-state index in [2.05, 4.69) is 11.1 Å². The van der Waals surface area contributed by atoms with Crippen LogP contribution in [0.2, 0.25) is 0 Å². The van der Waals surface area contributed by atoms with E-state index in [0.29, 0.717) is 10.8 Å². The van der Waals surface area contributed by atoms with Crippen molar-refractivity contribution in [2.24, 2.45) is 0 Å². The van der Waals surface area contributed by atoms with Crippen LogP contribution in [0.5, 0.6) is 11.6 Å². The molecule has 1 aromatic heterocycles. The van der Waals surface area contributed by atoms with E-state index < -0.39 is 11.4 Å². The van der Waals surface area contributed by atoms with Crippen molar-refractivity contribution in [3.8, 4) is 17.7 Å². The number of aromatic nitrogens is 1. The minimum Gasteiger partial charge on any atom is -0.477 e. The fourth-order valence-corrected chi connectivity index (χ4v) is 2.31. The van der Waals surface area contributed by atoms with Gasteiger partial charge in [0.1, 0.15) is 16.2 Å². The molecule has 0 radical (unpaired) electrons. The summed E-state index contributed by atoms with van der Waals surface area (Å²) in [5, 5.41) is 18.7. The summed E-state index contributed by atoms with van der Waals surface area (Å²) in [6, 6.07) is 10.9. The predicted molar refractivity (Wildman–Crippen MR) is 74.2 cm³/mol. The Hall–Kier alpha value is -2.39. The number of hydrogen-bond donors (Lipinski definition) is 1. The number of hydrogen-bond acceptors (Lipinski definition) is 5. The van der Waals surface area contributed by atoms with Gasteiger partial charge in [-0.15, -0.1) is 11.3 Å². The number of carbonyl (C=O) groups is 1. The summed E-state index contributed by atoms with van der Waals surface area (Å²) in [7, 11) is 0. The number of ether oxygens (including phenoxy) is 1. The first kappa shape index (κ1) is 14.0. The van der Waals surface area contributed by atoms with Gasteiger partial charge < -0.3 is 9.84 Å². The van der Waals surface area contributed by atoms with Crippen molar-refractivity contribution >= 4 is 17.3 Å². The number of para-hydroxylation sites is 1. The average molecular weight is 288 g/mol. The number of nitriles is 1. The zero-order chi connectivity index (χ0) is 14.8. The third-order valence-electron chi connectivity index (χ3n) is 2.56. The SMILES string of the molecule is CC(C)(C#N)c1nc(Oc2ccccc2)c(C(=O)O)s1. The molecular formula is C14H12N2O3S. The molecule has 0 aliphatic rings. The Labute approximate surface area is 120 Å². The van der Waals surface area contributed by atoms with Gasteiger partial charge >= 0.3 is 5.97 Å². The second kappa shape index (κ2) is 5.31. The van der Waals surface area contributed by atoms with Crippen LogP contribution in [0.3, 0.4) is 0 Å². The van der Waals surface area contributed by atoms with Crippen LogP contribution >= 0.6 is 11.3 Å². The highest BCUT2D eigenvalue weighted by Crippen LogP contribution is 2.35. The Morgan fingerprint density at radius 3 is 2.60 bits per heavy atom. The number of aromatic carboxylic acids is 1. The number of nitrogens with zero attached hydrogens (tertiary/aromatic N) is 2. The molecule has 0 bridgehead atoms. The Morgan fingerprint density at radius 1 is 1.40 bits per heavy atom. The highest BCUT2D eigenvalue weighted by atomic mass is 32.1. The van der Waals surface area contributed by atoms with Gasteiger partial charge in [0.2, 0.25) is 5.88 Å². The number of rotatable bonds is 4. The number of benzene rings is 1. The molecule has 0 amide bonds. The quantitative estimate of drug-likeness (QED) is 0.931. The highest BCUT2D eigenvalue weighted by Gasteiger charge is 2.29. The van der Waals surface area contributed by atoms with Gasteiger partial charge in [0, 0.05) is 0 Å². The number of thiazole rings is 1. The summed E-state index contributed by atoms with van der Waals surface area (Å²) in [6.07, 6.45) is 0. The van der Waals surface area contributed by atoms with Gasteiger partial charge in [-0.1, -0.05) is 18.2 Å². The topological polar surface area (TPSA) is 83.2 Å². The van der Waals surface area contributed by atoms with Gasteiger partial charge in [-0.25, -0.2) is 9.78 Å². The monoisotopic (exact) mass is 288 g/mol. The van der Waals surface area contributed by atoms with E-state index >= 15 is 0 Å². The lowest BCUT2D eigenvalue weighted by Gasteiger charge is -2.09. The third kappa shape index (κ3) is 2.78. The number of carboxylic acid groups (broad SMARTS) is 1. The van der Waals surface area contributed by atoms with Crippen LogP contribution in [-0.2, 0) is 5.41 Å². The minimum atomic E-state index is -1.12. The van der Waals surface area contributed by atoms with Crippen LogP contribution in [0.15, 0.2) is 30.3 Å². The van der Waals surface area contributed by atoms with E-state index in [1.54, 1.807) is 38.1 Å².